The Morgan fingerprint density at radius 3 is 2.79 bits per heavy atom. The lowest BCUT2D eigenvalue weighted by atomic mass is 9.86. The lowest BCUT2D eigenvalue weighted by Gasteiger charge is -2.25. The van der Waals surface area contributed by atoms with Gasteiger partial charge in [-0.2, -0.15) is 5.10 Å². The number of aromatic nitrogens is 2. The molecular weight excluding hydrogens is 261 g/mol. The van der Waals surface area contributed by atoms with Crippen molar-refractivity contribution in [2.24, 2.45) is 0 Å². The Hall–Kier alpha value is -1.75. The molecule has 2 heterocycles. The van der Waals surface area contributed by atoms with Crippen LogP contribution in [0.15, 0.2) is 24.3 Å². The molecule has 0 fully saturated rings. The molecule has 98 valence electrons. The van der Waals surface area contributed by atoms with Crippen LogP contribution in [0.25, 0.3) is 0 Å². The number of H-pyrrole nitrogens is 1. The number of fused-ring (bicyclic) bond motifs is 1. The van der Waals surface area contributed by atoms with Gasteiger partial charge in [0.2, 0.25) is 0 Å². The van der Waals surface area contributed by atoms with Crippen LogP contribution in [-0.4, -0.2) is 21.7 Å². The molecule has 5 heteroatoms. The van der Waals surface area contributed by atoms with E-state index in [1.54, 1.807) is 0 Å². The Balaban J connectivity index is 2.09. The molecule has 0 bridgehead atoms. The molecule has 0 radical (unpaired) electrons. The molecule has 1 aromatic heterocycles. The van der Waals surface area contributed by atoms with Crippen molar-refractivity contribution in [1.29, 1.82) is 0 Å². The highest BCUT2D eigenvalue weighted by Gasteiger charge is 2.29. The van der Waals surface area contributed by atoms with E-state index in [-0.39, 0.29) is 11.7 Å². The second-order valence-electron chi connectivity index (χ2n) is 4.63. The lowest BCUT2D eigenvalue weighted by molar-refractivity contribution is 0.625. The molecule has 0 amide bonds. The van der Waals surface area contributed by atoms with Crippen LogP contribution < -0.4 is 5.32 Å². The van der Waals surface area contributed by atoms with Gasteiger partial charge in [-0.1, -0.05) is 31.3 Å². The van der Waals surface area contributed by atoms with Gasteiger partial charge < -0.3 is 5.32 Å². The van der Waals surface area contributed by atoms with Gasteiger partial charge in [0.15, 0.2) is 0 Å². The van der Waals surface area contributed by atoms with E-state index in [0.717, 1.165) is 35.5 Å². The molecule has 0 saturated heterocycles. The first-order valence-electron chi connectivity index (χ1n) is 6.31. The van der Waals surface area contributed by atoms with Crippen molar-refractivity contribution in [3.8, 4) is 0 Å². The average molecular weight is 275 g/mol. The van der Waals surface area contributed by atoms with Crippen molar-refractivity contribution in [1.82, 2.24) is 15.5 Å². The minimum atomic E-state index is -0.217. The van der Waals surface area contributed by atoms with Crippen molar-refractivity contribution in [2.45, 2.75) is 19.3 Å². The van der Waals surface area contributed by atoms with E-state index >= 15 is 0 Å². The fraction of sp³-hybridized carbons (Fsp3) is 0.286. The Bertz CT molecular complexity index is 618. The predicted molar refractivity (Wildman–Crippen MR) is 75.9 cm³/mol. The molecule has 1 aliphatic rings. The Labute approximate surface area is 116 Å². The van der Waals surface area contributed by atoms with Crippen LogP contribution in [0, 0.1) is 5.82 Å². The van der Waals surface area contributed by atoms with E-state index in [1.165, 1.54) is 12.1 Å². The van der Waals surface area contributed by atoms with Crippen LogP contribution in [0.5, 0.6) is 0 Å². The molecule has 0 saturated carbocycles. The summed E-state index contributed by atoms with van der Waals surface area (Å²) < 4.78 is 13.0. The van der Waals surface area contributed by atoms with Gasteiger partial charge >= 0.3 is 0 Å². The molecule has 3 rings (SSSR count). The second kappa shape index (κ2) is 4.74. The zero-order valence-electron chi connectivity index (χ0n) is 10.5. The first kappa shape index (κ1) is 12.3. The number of aryl methyl sites for hydroxylation is 1. The molecule has 3 nitrogen and oxygen atoms in total. The van der Waals surface area contributed by atoms with Crippen LogP contribution in [0.2, 0.25) is 0 Å². The van der Waals surface area contributed by atoms with Crippen LogP contribution in [-0.2, 0) is 6.42 Å². The van der Waals surface area contributed by atoms with E-state index in [0.29, 0.717) is 4.99 Å². The maximum absolute atomic E-state index is 13.0. The Kier molecular flexibility index (Phi) is 3.06. The number of benzene rings is 1. The number of hydrogen-bond donors (Lipinski definition) is 2. The summed E-state index contributed by atoms with van der Waals surface area (Å²) >= 11 is 5.29. The quantitative estimate of drug-likeness (QED) is 0.827. The number of thiocarbonyl (C=S) groups is 1. The third kappa shape index (κ3) is 2.04. The van der Waals surface area contributed by atoms with Crippen molar-refractivity contribution in [3.05, 3.63) is 52.6 Å². The topological polar surface area (TPSA) is 40.7 Å². The van der Waals surface area contributed by atoms with Gasteiger partial charge in [0.1, 0.15) is 16.5 Å². The van der Waals surface area contributed by atoms with E-state index in [1.807, 2.05) is 12.1 Å². The fourth-order valence-electron chi connectivity index (χ4n) is 2.56. The highest BCUT2D eigenvalue weighted by molar-refractivity contribution is 7.80. The summed E-state index contributed by atoms with van der Waals surface area (Å²) in [5, 5.41) is 10.5. The molecule has 1 atom stereocenters. The third-order valence-corrected chi connectivity index (χ3v) is 3.88. The van der Waals surface area contributed by atoms with Gasteiger partial charge in [0.25, 0.3) is 0 Å². The SMILES string of the molecule is CCc1[nH]nc2c1C(c1ccc(F)cc1)CNC2=S. The number of halogens is 1. The molecule has 2 N–H and O–H groups in total. The summed E-state index contributed by atoms with van der Waals surface area (Å²) in [6.07, 6.45) is 0.878. The summed E-state index contributed by atoms with van der Waals surface area (Å²) in [7, 11) is 0. The number of hydrogen-bond acceptors (Lipinski definition) is 2. The monoisotopic (exact) mass is 275 g/mol. The molecule has 1 unspecified atom stereocenters. The average Bonchev–Trinajstić information content (AvgIpc) is 2.85. The highest BCUT2D eigenvalue weighted by Crippen LogP contribution is 2.32. The highest BCUT2D eigenvalue weighted by atomic mass is 32.1. The zero-order chi connectivity index (χ0) is 13.4. The fourth-order valence-corrected chi connectivity index (χ4v) is 2.80. The minimum Gasteiger partial charge on any atom is -0.373 e. The van der Waals surface area contributed by atoms with Crippen molar-refractivity contribution in [3.63, 3.8) is 0 Å². The van der Waals surface area contributed by atoms with Gasteiger partial charge in [-0.05, 0) is 24.1 Å². The van der Waals surface area contributed by atoms with Crippen LogP contribution in [0.4, 0.5) is 4.39 Å². The predicted octanol–water partition coefficient (Wildman–Crippen LogP) is 2.52. The molecular formula is C14H14FN3S. The first-order valence-corrected chi connectivity index (χ1v) is 6.72. The third-order valence-electron chi connectivity index (χ3n) is 3.54. The molecule has 1 aliphatic heterocycles. The largest absolute Gasteiger partial charge is 0.373 e. The Morgan fingerprint density at radius 2 is 2.11 bits per heavy atom. The summed E-state index contributed by atoms with van der Waals surface area (Å²) in [4.78, 5) is 0.685. The normalized spacial score (nSPS) is 18.0. The van der Waals surface area contributed by atoms with Gasteiger partial charge in [0, 0.05) is 23.7 Å². The van der Waals surface area contributed by atoms with E-state index in [2.05, 4.69) is 22.4 Å². The molecule has 1 aromatic carbocycles. The van der Waals surface area contributed by atoms with Crippen molar-refractivity contribution < 1.29 is 4.39 Å². The number of nitrogens with zero attached hydrogens (tertiary/aromatic N) is 1. The van der Waals surface area contributed by atoms with Crippen LogP contribution in [0.1, 0.15) is 35.4 Å². The van der Waals surface area contributed by atoms with Crippen molar-refractivity contribution in [2.75, 3.05) is 6.54 Å². The van der Waals surface area contributed by atoms with Gasteiger partial charge in [-0.25, -0.2) is 4.39 Å². The molecule has 0 aliphatic carbocycles. The standard InChI is InChI=1S/C14H14FN3S/c1-2-11-12-10(8-3-5-9(15)6-4-8)7-16-14(19)13(12)18-17-11/h3-6,10H,2,7H2,1H3,(H,16,19)(H,17,18). The summed E-state index contributed by atoms with van der Waals surface area (Å²) in [6, 6.07) is 6.64. The van der Waals surface area contributed by atoms with Crippen molar-refractivity contribution >= 4 is 17.2 Å². The van der Waals surface area contributed by atoms with Crippen LogP contribution >= 0.6 is 12.2 Å². The van der Waals surface area contributed by atoms with Gasteiger partial charge in [-0.3, -0.25) is 5.10 Å². The number of rotatable bonds is 2. The minimum absolute atomic E-state index is 0.163. The molecule has 0 spiro atoms. The summed E-state index contributed by atoms with van der Waals surface area (Å²) in [5.74, 6) is -0.0535. The van der Waals surface area contributed by atoms with Crippen LogP contribution in [0.3, 0.4) is 0 Å². The van der Waals surface area contributed by atoms with E-state index in [9.17, 15) is 4.39 Å². The number of nitrogens with one attached hydrogen (secondary N) is 2. The lowest BCUT2D eigenvalue weighted by Crippen LogP contribution is -2.35. The first-order chi connectivity index (χ1) is 9.20. The maximum atomic E-state index is 13.0. The summed E-state index contributed by atoms with van der Waals surface area (Å²) in [6.45, 7) is 2.81. The smallest absolute Gasteiger partial charge is 0.127 e. The zero-order valence-corrected chi connectivity index (χ0v) is 11.4. The van der Waals surface area contributed by atoms with E-state index < -0.39 is 0 Å². The summed E-state index contributed by atoms with van der Waals surface area (Å²) in [5.41, 5.74) is 4.16. The van der Waals surface area contributed by atoms with Gasteiger partial charge in [-0.15, -0.1) is 0 Å². The van der Waals surface area contributed by atoms with E-state index in [4.69, 9.17) is 12.2 Å². The Morgan fingerprint density at radius 1 is 1.37 bits per heavy atom. The molecule has 2 aromatic rings. The second-order valence-corrected chi connectivity index (χ2v) is 5.04. The van der Waals surface area contributed by atoms with Gasteiger partial charge in [0.05, 0.1) is 0 Å². The molecule has 19 heavy (non-hydrogen) atoms. The maximum Gasteiger partial charge on any atom is 0.127 e. The number of aromatic amines is 1.